The predicted molar refractivity (Wildman–Crippen MR) is 384 cm³/mol. The van der Waals surface area contributed by atoms with Crippen LogP contribution in [0.3, 0.4) is 0 Å². The molecule has 8 aromatic heterocycles. The topological polar surface area (TPSA) is 134 Å². The van der Waals surface area contributed by atoms with E-state index < -0.39 is 0 Å². The lowest BCUT2D eigenvalue weighted by molar-refractivity contribution is 0.0505. The first kappa shape index (κ1) is 77.0. The van der Waals surface area contributed by atoms with Crippen LogP contribution in [0.2, 0.25) is 0 Å². The Kier molecular flexibility index (Phi) is 28.8. The number of nitrogens with zero attached hydrogens (tertiary/aromatic N) is 13. The Hall–Kier alpha value is -7.24. The largest absolute Gasteiger partial charge is 0.368 e. The summed E-state index contributed by atoms with van der Waals surface area (Å²) in [6.45, 7) is 53.6. The first-order valence-corrected chi connectivity index (χ1v) is 31.7. The molecule has 90 heavy (non-hydrogen) atoms. The van der Waals surface area contributed by atoms with E-state index in [0.29, 0.717) is 0 Å². The van der Waals surface area contributed by atoms with E-state index in [-0.39, 0.29) is 16.7 Å². The molecule has 0 spiro atoms. The van der Waals surface area contributed by atoms with E-state index in [1.165, 1.54) is 101 Å². The fraction of sp³-hybridized carbons (Fsp3) is 0.514. The minimum absolute atomic E-state index is 0.146. The lowest BCUT2D eigenvalue weighted by Crippen LogP contribution is -2.52. The van der Waals surface area contributed by atoms with Gasteiger partial charge in [-0.2, -0.15) is 10.2 Å². The van der Waals surface area contributed by atoms with Gasteiger partial charge in [0.25, 0.3) is 0 Å². The summed E-state index contributed by atoms with van der Waals surface area (Å²) < 4.78 is 12.6. The van der Waals surface area contributed by atoms with Gasteiger partial charge in [-0.1, -0.05) is 18.2 Å². The molecule has 2 saturated heterocycles. The van der Waals surface area contributed by atoms with Crippen LogP contribution >= 0.6 is 0 Å². The molecule has 2 aromatic carbocycles. The van der Waals surface area contributed by atoms with Gasteiger partial charge >= 0.3 is 0 Å². The second-order valence-electron chi connectivity index (χ2n) is 26.1. The molecule has 0 saturated carbocycles. The normalized spacial score (nSPS) is 14.4. The molecule has 12 rings (SSSR count). The van der Waals surface area contributed by atoms with Crippen molar-refractivity contribution < 1.29 is 0 Å². The molecular formula is C74H120N16. The number of hydrogen-bond acceptors (Lipinski definition) is 8. The van der Waals surface area contributed by atoms with Gasteiger partial charge in [0.15, 0.2) is 0 Å². The number of aryl methyl sites for hydroxylation is 11. The number of rotatable bonds is 0. The molecule has 10 aromatic rings. The Morgan fingerprint density at radius 3 is 1.31 bits per heavy atom. The number of H-pyrrole nitrogens is 2. The Labute approximate surface area is 544 Å². The predicted octanol–water partition coefficient (Wildman–Crippen LogP) is 14.9. The summed E-state index contributed by atoms with van der Waals surface area (Å²) in [4.78, 5) is 18.1. The fourth-order valence-electron chi connectivity index (χ4n) is 11.0. The van der Waals surface area contributed by atoms with Gasteiger partial charge in [0.05, 0.1) is 28.9 Å². The molecule has 2 aliphatic heterocycles. The maximum absolute atomic E-state index is 4.27. The van der Waals surface area contributed by atoms with Gasteiger partial charge in [-0.3, -0.25) is 24.5 Å². The number of fused-ring (bicyclic) bond motifs is 2. The standard InChI is InChI=1S/C15H21N.C11H24N2.C9H9N.C9H15N.2C7H12N2.C4H10N2.2C4H6N2.C4H5N/c1-8-9(2)11(4)15-14(10(8)3)12(5)13(6)16(15)7;1-9(2)10(3,4)13(8)11(5,6)12(9)7;1-10-7-6-8-4-2-3-5-9(8)10;1-6-7(2)9(4)10(5)8(6)3;1-5-6(2)9(4)7(3)8-5;1-5-6(2)8-9(4)7(5)3;2*1-6-3-2-5-4-6;1-4-2-3-5-6-4;1-2-4-5-3-1/h1-7H3;1-8H3;2-7H,1H3;1-5H3;2*1-4H3;5H,2-4H2,1H3;2-4H,1H3;2-3H,1H3,(H,5,6);1-5H. The fourth-order valence-corrected chi connectivity index (χ4v) is 11.0. The molecule has 0 radical (unpaired) electrons. The second-order valence-corrected chi connectivity index (χ2v) is 26.1. The van der Waals surface area contributed by atoms with Crippen molar-refractivity contribution in [2.75, 3.05) is 40.9 Å². The van der Waals surface area contributed by atoms with Gasteiger partial charge < -0.3 is 33.1 Å². The van der Waals surface area contributed by atoms with Crippen LogP contribution in [0.25, 0.3) is 21.8 Å². The monoisotopic (exact) mass is 1230 g/mol. The van der Waals surface area contributed by atoms with Crippen molar-refractivity contribution in [3.05, 3.63) is 188 Å². The van der Waals surface area contributed by atoms with Crippen molar-refractivity contribution >= 4 is 21.8 Å². The van der Waals surface area contributed by atoms with Crippen LogP contribution in [-0.2, 0) is 42.3 Å². The number of para-hydroxylation sites is 1. The van der Waals surface area contributed by atoms with E-state index in [0.717, 1.165) is 36.1 Å². The Balaban J connectivity index is 0.000000266. The third-order valence-electron chi connectivity index (χ3n) is 20.2. The highest BCUT2D eigenvalue weighted by atomic mass is 15.5. The smallest absolute Gasteiger partial charge is 0.105 e. The van der Waals surface area contributed by atoms with E-state index in [1.54, 1.807) is 18.7 Å². The first-order valence-electron chi connectivity index (χ1n) is 31.7. The highest BCUT2D eigenvalue weighted by molar-refractivity contribution is 5.92. The third-order valence-corrected chi connectivity index (χ3v) is 20.2. The van der Waals surface area contributed by atoms with Crippen LogP contribution in [0.5, 0.6) is 0 Å². The van der Waals surface area contributed by atoms with Crippen LogP contribution in [0.15, 0.2) is 92.0 Å². The molecule has 16 nitrogen and oxygen atoms in total. The van der Waals surface area contributed by atoms with Crippen LogP contribution in [0, 0.1) is 118 Å². The minimum atomic E-state index is 0.146. The summed E-state index contributed by atoms with van der Waals surface area (Å²) in [5, 5.41) is 16.6. The number of benzene rings is 2. The molecule has 2 aliphatic rings. The average Bonchev–Trinajstić information content (AvgIpc) is 1.59. The van der Waals surface area contributed by atoms with Gasteiger partial charge in [0.2, 0.25) is 0 Å². The molecule has 0 atom stereocenters. The molecule has 3 N–H and O–H groups in total. The molecule has 496 valence electrons. The lowest BCUT2D eigenvalue weighted by Gasteiger charge is -2.40. The summed E-state index contributed by atoms with van der Waals surface area (Å²) in [5.74, 6) is 1.09. The van der Waals surface area contributed by atoms with Crippen LogP contribution < -0.4 is 5.32 Å². The zero-order chi connectivity index (χ0) is 68.5. The quantitative estimate of drug-likeness (QED) is 0.137. The minimum Gasteiger partial charge on any atom is -0.368 e. The Bertz CT molecular complexity index is 3430. The number of aromatic amines is 2. The van der Waals surface area contributed by atoms with Gasteiger partial charge in [-0.15, -0.1) is 0 Å². The molecule has 0 bridgehead atoms. The maximum atomic E-state index is 4.27. The SMILES string of the molecule is CN1C(C)(C)N(C)C(C)(C)C1(C)C.CN1CCNC1.Cc1c(C)c(C)c2c(c1C)c(C)c(C)n2C.Cc1c(C)c(C)n(C)c1C.Cc1ccn[nH]1.Cc1nc(C)n(C)c1C.Cc1nn(C)c(C)c1C.Cn1ccc2ccccc21.Cn1ccnc1.c1cc[nH]c1. The molecule has 10 heterocycles. The zero-order valence-corrected chi connectivity index (χ0v) is 62.1. The molecule has 2 fully saturated rings. The first-order chi connectivity index (χ1) is 41.8. The lowest BCUT2D eigenvalue weighted by atomic mass is 9.83. The van der Waals surface area contributed by atoms with Crippen molar-refractivity contribution in [3.8, 4) is 0 Å². The number of hydrogen-bond donors (Lipinski definition) is 3. The summed E-state index contributed by atoms with van der Waals surface area (Å²) in [7, 11) is 18.8. The summed E-state index contributed by atoms with van der Waals surface area (Å²) >= 11 is 0. The van der Waals surface area contributed by atoms with Crippen molar-refractivity contribution in [2.24, 2.45) is 42.3 Å². The highest BCUT2D eigenvalue weighted by Gasteiger charge is 2.58. The van der Waals surface area contributed by atoms with Crippen LogP contribution in [-0.4, -0.2) is 130 Å². The van der Waals surface area contributed by atoms with Crippen molar-refractivity contribution in [3.63, 3.8) is 0 Å². The maximum Gasteiger partial charge on any atom is 0.105 e. The van der Waals surface area contributed by atoms with Crippen molar-refractivity contribution in [1.82, 2.24) is 77.8 Å². The van der Waals surface area contributed by atoms with Crippen molar-refractivity contribution in [2.45, 2.75) is 176 Å². The number of aromatic nitrogens is 12. The highest BCUT2D eigenvalue weighted by Crippen LogP contribution is 2.46. The van der Waals surface area contributed by atoms with Gasteiger partial charge in [0, 0.05) is 155 Å². The second kappa shape index (κ2) is 33.7. The number of imidazole rings is 2. The van der Waals surface area contributed by atoms with Gasteiger partial charge in [0.1, 0.15) is 5.82 Å². The number of nitrogens with one attached hydrogen (secondary N) is 3. The summed E-state index contributed by atoms with van der Waals surface area (Å²) in [6.07, 6.45) is 12.9. The average molecular weight is 1230 g/mol. The van der Waals surface area contributed by atoms with E-state index in [4.69, 9.17) is 0 Å². The molecular weight excluding hydrogens is 1110 g/mol. The zero-order valence-electron chi connectivity index (χ0n) is 62.1. The molecule has 0 aliphatic carbocycles. The van der Waals surface area contributed by atoms with E-state index in [1.807, 2.05) is 94.9 Å². The van der Waals surface area contributed by atoms with Crippen LogP contribution in [0.1, 0.15) is 137 Å². The number of likely N-dealkylation sites (N-methyl/N-ethyl adjacent to an activating group) is 3. The van der Waals surface area contributed by atoms with Gasteiger partial charge in [-0.05, 0) is 261 Å². The summed E-state index contributed by atoms with van der Waals surface area (Å²) in [6, 6.07) is 16.3. The Morgan fingerprint density at radius 1 is 0.489 bits per heavy atom. The van der Waals surface area contributed by atoms with E-state index >= 15 is 0 Å². The molecule has 0 unspecified atom stereocenters. The van der Waals surface area contributed by atoms with Crippen molar-refractivity contribution in [1.29, 1.82) is 0 Å². The van der Waals surface area contributed by atoms with Gasteiger partial charge in [-0.25, -0.2) is 9.97 Å². The molecule has 0 amide bonds. The Morgan fingerprint density at radius 2 is 1.03 bits per heavy atom. The molecule has 16 heteroatoms. The van der Waals surface area contributed by atoms with E-state index in [2.05, 4.69) is 279 Å². The summed E-state index contributed by atoms with van der Waals surface area (Å²) in [5.41, 5.74) is 24.7. The van der Waals surface area contributed by atoms with E-state index in [9.17, 15) is 0 Å². The third kappa shape index (κ3) is 19.2. The van der Waals surface area contributed by atoms with Crippen LogP contribution in [0.4, 0.5) is 0 Å².